The third-order valence-corrected chi connectivity index (χ3v) is 4.03. The molecule has 0 saturated heterocycles. The Kier molecular flexibility index (Phi) is 3.49. The number of amides is 2. The van der Waals surface area contributed by atoms with E-state index in [4.69, 9.17) is 4.42 Å². The average Bonchev–Trinajstić information content (AvgIpc) is 3.05. The van der Waals surface area contributed by atoms with Crippen LogP contribution in [0.3, 0.4) is 0 Å². The monoisotopic (exact) mass is 320 g/mol. The molecule has 1 aromatic heterocycles. The lowest BCUT2D eigenvalue weighted by Gasteiger charge is -2.23. The van der Waals surface area contributed by atoms with Gasteiger partial charge in [-0.3, -0.25) is 0 Å². The van der Waals surface area contributed by atoms with Gasteiger partial charge in [-0.05, 0) is 30.7 Å². The number of urea groups is 1. The number of benzene rings is 2. The predicted molar refractivity (Wildman–Crippen MR) is 91.7 cm³/mol. The quantitative estimate of drug-likeness (QED) is 0.777. The number of hydrazone groups is 1. The summed E-state index contributed by atoms with van der Waals surface area (Å²) in [6.45, 7) is 2.01. The maximum Gasteiger partial charge on any atom is 0.335 e. The zero-order chi connectivity index (χ0) is 16.5. The van der Waals surface area contributed by atoms with Crippen LogP contribution in [-0.2, 0) is 0 Å². The molecular weight excluding hydrogens is 304 g/mol. The van der Waals surface area contributed by atoms with E-state index in [0.717, 1.165) is 28.8 Å². The molecule has 3 aromatic rings. The van der Waals surface area contributed by atoms with Crippen LogP contribution in [0.15, 0.2) is 58.0 Å². The first-order valence-corrected chi connectivity index (χ1v) is 7.85. The normalized spacial score (nSPS) is 17.3. The largest absolute Gasteiger partial charge is 0.436 e. The van der Waals surface area contributed by atoms with Crippen LogP contribution in [0.4, 0.5) is 4.79 Å². The molecule has 0 bridgehead atoms. The highest BCUT2D eigenvalue weighted by atomic mass is 16.3. The molecule has 4 rings (SSSR count). The van der Waals surface area contributed by atoms with Crippen LogP contribution in [-0.4, -0.2) is 22.8 Å². The molecular formula is C18H16N4O2. The second kappa shape index (κ2) is 5.81. The van der Waals surface area contributed by atoms with Crippen LogP contribution >= 0.6 is 0 Å². The van der Waals surface area contributed by atoms with Crippen molar-refractivity contribution in [1.29, 1.82) is 0 Å². The van der Waals surface area contributed by atoms with E-state index in [9.17, 15) is 4.79 Å². The fraction of sp³-hybridized carbons (Fsp3) is 0.167. The first-order chi connectivity index (χ1) is 11.7. The standard InChI is InChI=1S/C18H16N4O2/c1-2-13-16(21-22-18(23)20-13)12-8-9-14-15(10-12)24-17(19-14)11-6-4-3-5-7-11/h3-10,13H,2H2,1H3,(H2,20,22,23). The smallest absolute Gasteiger partial charge is 0.335 e. The Morgan fingerprint density at radius 2 is 1.96 bits per heavy atom. The van der Waals surface area contributed by atoms with E-state index in [-0.39, 0.29) is 12.1 Å². The fourth-order valence-electron chi connectivity index (χ4n) is 2.80. The molecule has 1 atom stereocenters. The molecule has 6 heteroatoms. The number of nitrogens with zero attached hydrogens (tertiary/aromatic N) is 2. The van der Waals surface area contributed by atoms with Crippen LogP contribution in [0.25, 0.3) is 22.6 Å². The number of rotatable bonds is 3. The van der Waals surface area contributed by atoms with Gasteiger partial charge in [0.05, 0.1) is 11.8 Å². The molecule has 6 nitrogen and oxygen atoms in total. The van der Waals surface area contributed by atoms with E-state index in [1.807, 2.05) is 55.5 Å². The number of nitrogens with one attached hydrogen (secondary N) is 2. The van der Waals surface area contributed by atoms with Crippen molar-refractivity contribution in [2.75, 3.05) is 0 Å². The Bertz CT molecular complexity index is 931. The molecule has 0 saturated carbocycles. The minimum atomic E-state index is -0.280. The van der Waals surface area contributed by atoms with Crippen molar-refractivity contribution >= 4 is 22.8 Å². The Morgan fingerprint density at radius 3 is 2.75 bits per heavy atom. The maximum absolute atomic E-state index is 11.4. The zero-order valence-corrected chi connectivity index (χ0v) is 13.1. The van der Waals surface area contributed by atoms with Crippen LogP contribution in [0, 0.1) is 0 Å². The summed E-state index contributed by atoms with van der Waals surface area (Å²) in [4.78, 5) is 16.0. The summed E-state index contributed by atoms with van der Waals surface area (Å²) in [5, 5.41) is 7.06. The van der Waals surface area contributed by atoms with Gasteiger partial charge in [-0.25, -0.2) is 15.2 Å². The minimum absolute atomic E-state index is 0.118. The highest BCUT2D eigenvalue weighted by Crippen LogP contribution is 2.25. The van der Waals surface area contributed by atoms with Crippen LogP contribution in [0.2, 0.25) is 0 Å². The van der Waals surface area contributed by atoms with Gasteiger partial charge in [0.2, 0.25) is 5.89 Å². The van der Waals surface area contributed by atoms with Gasteiger partial charge in [0.15, 0.2) is 5.58 Å². The molecule has 2 amide bonds. The van der Waals surface area contributed by atoms with Crippen LogP contribution in [0.5, 0.6) is 0 Å². The van der Waals surface area contributed by atoms with E-state index in [0.29, 0.717) is 11.5 Å². The molecule has 2 aromatic carbocycles. The molecule has 2 N–H and O–H groups in total. The number of hydrogen-bond donors (Lipinski definition) is 2. The van der Waals surface area contributed by atoms with Gasteiger partial charge < -0.3 is 9.73 Å². The molecule has 0 aliphatic carbocycles. The molecule has 0 fully saturated rings. The summed E-state index contributed by atoms with van der Waals surface area (Å²) < 4.78 is 5.90. The van der Waals surface area contributed by atoms with Crippen LogP contribution < -0.4 is 10.7 Å². The second-order valence-electron chi connectivity index (χ2n) is 5.61. The summed E-state index contributed by atoms with van der Waals surface area (Å²) in [6, 6.07) is 15.1. The number of oxazole rings is 1. The number of fused-ring (bicyclic) bond motifs is 1. The molecule has 0 spiro atoms. The average molecular weight is 320 g/mol. The Labute approximate surface area is 138 Å². The number of hydrogen-bond acceptors (Lipinski definition) is 4. The topological polar surface area (TPSA) is 79.5 Å². The van der Waals surface area contributed by atoms with Gasteiger partial charge in [-0.15, -0.1) is 0 Å². The first-order valence-electron chi connectivity index (χ1n) is 7.85. The Balaban J connectivity index is 1.75. The van der Waals surface area contributed by atoms with Gasteiger partial charge in [0.1, 0.15) is 5.52 Å². The summed E-state index contributed by atoms with van der Waals surface area (Å²) in [6.07, 6.45) is 0.760. The van der Waals surface area contributed by atoms with Crippen molar-refractivity contribution in [1.82, 2.24) is 15.7 Å². The fourth-order valence-corrected chi connectivity index (χ4v) is 2.80. The maximum atomic E-state index is 11.4. The molecule has 120 valence electrons. The Morgan fingerprint density at radius 1 is 1.12 bits per heavy atom. The summed E-state index contributed by atoms with van der Waals surface area (Å²) in [7, 11) is 0. The van der Waals surface area contributed by atoms with E-state index in [1.54, 1.807) is 0 Å². The highest BCUT2D eigenvalue weighted by molar-refractivity contribution is 6.08. The molecule has 0 radical (unpaired) electrons. The lowest BCUT2D eigenvalue weighted by molar-refractivity contribution is 0.238. The van der Waals surface area contributed by atoms with Gasteiger partial charge in [0, 0.05) is 11.1 Å². The SMILES string of the molecule is CCC1NC(=O)NN=C1c1ccc2nc(-c3ccccc3)oc2c1. The summed E-state index contributed by atoms with van der Waals surface area (Å²) in [5.41, 5.74) is 6.58. The summed E-state index contributed by atoms with van der Waals surface area (Å²) in [5.74, 6) is 0.590. The highest BCUT2D eigenvalue weighted by Gasteiger charge is 2.23. The van der Waals surface area contributed by atoms with Crippen molar-refractivity contribution in [3.63, 3.8) is 0 Å². The van der Waals surface area contributed by atoms with Crippen molar-refractivity contribution < 1.29 is 9.21 Å². The lowest BCUT2D eigenvalue weighted by Crippen LogP contribution is -2.49. The minimum Gasteiger partial charge on any atom is -0.436 e. The van der Waals surface area contributed by atoms with E-state index in [2.05, 4.69) is 20.8 Å². The molecule has 1 unspecified atom stereocenters. The van der Waals surface area contributed by atoms with Gasteiger partial charge in [0.25, 0.3) is 0 Å². The molecule has 2 heterocycles. The molecule has 1 aliphatic rings. The van der Waals surface area contributed by atoms with Gasteiger partial charge >= 0.3 is 6.03 Å². The molecule has 24 heavy (non-hydrogen) atoms. The zero-order valence-electron chi connectivity index (χ0n) is 13.1. The lowest BCUT2D eigenvalue weighted by atomic mass is 10.0. The Hall–Kier alpha value is -3.15. The van der Waals surface area contributed by atoms with Crippen molar-refractivity contribution in [3.8, 4) is 11.5 Å². The predicted octanol–water partition coefficient (Wildman–Crippen LogP) is 3.29. The third-order valence-electron chi connectivity index (χ3n) is 4.03. The van der Waals surface area contributed by atoms with Crippen molar-refractivity contribution in [2.45, 2.75) is 19.4 Å². The van der Waals surface area contributed by atoms with E-state index >= 15 is 0 Å². The number of carbonyl (C=O) groups is 1. The number of aromatic nitrogens is 1. The number of carbonyl (C=O) groups excluding carboxylic acids is 1. The third kappa shape index (κ3) is 2.52. The van der Waals surface area contributed by atoms with Gasteiger partial charge in [-0.1, -0.05) is 31.2 Å². The van der Waals surface area contributed by atoms with Gasteiger partial charge in [-0.2, -0.15) is 5.10 Å². The second-order valence-corrected chi connectivity index (χ2v) is 5.61. The van der Waals surface area contributed by atoms with Crippen LogP contribution in [0.1, 0.15) is 18.9 Å². The molecule has 1 aliphatic heterocycles. The van der Waals surface area contributed by atoms with Crippen molar-refractivity contribution in [3.05, 3.63) is 54.1 Å². The van der Waals surface area contributed by atoms with Crippen molar-refractivity contribution in [2.24, 2.45) is 5.10 Å². The van der Waals surface area contributed by atoms with E-state index < -0.39 is 0 Å². The first kappa shape index (κ1) is 14.4. The van der Waals surface area contributed by atoms with E-state index in [1.165, 1.54) is 0 Å². The summed E-state index contributed by atoms with van der Waals surface area (Å²) >= 11 is 0.